The van der Waals surface area contributed by atoms with Crippen molar-refractivity contribution in [2.24, 2.45) is 0 Å². The minimum atomic E-state index is -4.71. The number of nitrogens with zero attached hydrogens (tertiary/aromatic N) is 5. The van der Waals surface area contributed by atoms with E-state index in [0.29, 0.717) is 55.7 Å². The van der Waals surface area contributed by atoms with E-state index in [2.05, 4.69) is 15.2 Å². The van der Waals surface area contributed by atoms with E-state index < -0.39 is 28.4 Å². The topological polar surface area (TPSA) is 94.8 Å². The highest BCUT2D eigenvalue weighted by Gasteiger charge is 2.33. The summed E-state index contributed by atoms with van der Waals surface area (Å²) in [5, 5.41) is 15.3. The van der Waals surface area contributed by atoms with Crippen molar-refractivity contribution < 1.29 is 22.9 Å². The number of pyridine rings is 1. The van der Waals surface area contributed by atoms with Gasteiger partial charge in [0.25, 0.3) is 5.69 Å². The quantitative estimate of drug-likeness (QED) is 0.336. The first-order chi connectivity index (χ1) is 18.3. The SMILES string of the molecule is Cc1cc(N[C@H](C)c2cc([N+](=O)[O-])cc(C(F)(F)F)c2)c2cc(N3CCN(C(=O)CN(C)C)CC3)ccc2n1. The molecule has 208 valence electrons. The number of nitrogens with one attached hydrogen (secondary N) is 1. The normalized spacial score (nSPS) is 15.1. The van der Waals surface area contributed by atoms with Gasteiger partial charge in [0.05, 0.1) is 22.5 Å². The monoisotopic (exact) mass is 544 g/mol. The number of nitro benzene ring substituents is 1. The largest absolute Gasteiger partial charge is 0.416 e. The molecule has 2 aromatic carbocycles. The van der Waals surface area contributed by atoms with Gasteiger partial charge in [0, 0.05) is 66.8 Å². The van der Waals surface area contributed by atoms with Gasteiger partial charge in [-0.15, -0.1) is 0 Å². The predicted molar refractivity (Wildman–Crippen MR) is 144 cm³/mol. The van der Waals surface area contributed by atoms with Gasteiger partial charge in [-0.1, -0.05) is 0 Å². The first-order valence-electron chi connectivity index (χ1n) is 12.5. The Morgan fingerprint density at radius 1 is 1.13 bits per heavy atom. The number of hydrogen-bond acceptors (Lipinski definition) is 7. The maximum Gasteiger partial charge on any atom is 0.416 e. The molecule has 2 heterocycles. The third kappa shape index (κ3) is 6.56. The lowest BCUT2D eigenvalue weighted by molar-refractivity contribution is -0.385. The van der Waals surface area contributed by atoms with Crippen LogP contribution in [0.25, 0.3) is 10.9 Å². The maximum absolute atomic E-state index is 13.4. The fourth-order valence-corrected chi connectivity index (χ4v) is 4.72. The van der Waals surface area contributed by atoms with Crippen LogP contribution < -0.4 is 10.2 Å². The average Bonchev–Trinajstić information content (AvgIpc) is 2.87. The van der Waals surface area contributed by atoms with Gasteiger partial charge in [0.15, 0.2) is 0 Å². The second-order valence-corrected chi connectivity index (χ2v) is 10.1. The number of non-ortho nitro benzene ring substituents is 1. The molecule has 0 bridgehead atoms. The number of alkyl halides is 3. The summed E-state index contributed by atoms with van der Waals surface area (Å²) in [6.07, 6.45) is -4.71. The molecule has 0 spiro atoms. The van der Waals surface area contributed by atoms with Gasteiger partial charge in [-0.05, 0) is 63.8 Å². The van der Waals surface area contributed by atoms with Crippen molar-refractivity contribution in [3.63, 3.8) is 0 Å². The van der Waals surface area contributed by atoms with Crippen LogP contribution >= 0.6 is 0 Å². The summed E-state index contributed by atoms with van der Waals surface area (Å²) in [4.78, 5) is 33.4. The minimum absolute atomic E-state index is 0.0909. The van der Waals surface area contributed by atoms with Gasteiger partial charge >= 0.3 is 6.18 Å². The number of nitro groups is 1. The Labute approximate surface area is 224 Å². The lowest BCUT2D eigenvalue weighted by Crippen LogP contribution is -2.50. The summed E-state index contributed by atoms with van der Waals surface area (Å²) in [6.45, 7) is 6.38. The molecule has 1 fully saturated rings. The molecule has 1 atom stereocenters. The van der Waals surface area contributed by atoms with E-state index in [1.165, 1.54) is 0 Å². The molecular formula is C27H31F3N6O3. The van der Waals surface area contributed by atoms with Crippen molar-refractivity contribution in [1.29, 1.82) is 0 Å². The summed E-state index contributed by atoms with van der Waals surface area (Å²) in [6, 6.07) is 9.62. The molecule has 1 N–H and O–H groups in total. The van der Waals surface area contributed by atoms with E-state index in [0.717, 1.165) is 23.2 Å². The highest BCUT2D eigenvalue weighted by Crippen LogP contribution is 2.36. The standard InChI is InChI=1S/C27H31F3N6O3/c1-17-11-25(32-18(2)19-12-20(27(28,29)30)14-22(13-19)36(38)39)23-15-21(5-6-24(23)31-17)34-7-9-35(10-8-34)26(37)16-33(3)4/h5-6,11-15,18H,7-10,16H2,1-4H3,(H,31,32)/t18-/m1/s1. The lowest BCUT2D eigenvalue weighted by Gasteiger charge is -2.36. The van der Waals surface area contributed by atoms with Crippen LogP contribution in [0, 0.1) is 17.0 Å². The van der Waals surface area contributed by atoms with E-state index in [1.807, 2.05) is 55.1 Å². The molecule has 9 nitrogen and oxygen atoms in total. The molecule has 3 aromatic rings. The first-order valence-corrected chi connectivity index (χ1v) is 12.5. The average molecular weight is 545 g/mol. The molecule has 1 aliphatic heterocycles. The predicted octanol–water partition coefficient (Wildman–Crippen LogP) is 4.85. The van der Waals surface area contributed by atoms with E-state index >= 15 is 0 Å². The Morgan fingerprint density at radius 3 is 2.44 bits per heavy atom. The number of carbonyl (C=O) groups excluding carboxylic acids is 1. The number of likely N-dealkylation sites (N-methyl/N-ethyl adjacent to an activating group) is 1. The minimum Gasteiger partial charge on any atom is -0.378 e. The summed E-state index contributed by atoms with van der Waals surface area (Å²) < 4.78 is 40.3. The van der Waals surface area contributed by atoms with Gasteiger partial charge in [0.1, 0.15) is 0 Å². The zero-order valence-corrected chi connectivity index (χ0v) is 22.2. The number of aryl methyl sites for hydroxylation is 1. The molecule has 0 saturated carbocycles. The molecule has 1 aliphatic rings. The van der Waals surface area contributed by atoms with Crippen LogP contribution in [0.5, 0.6) is 0 Å². The molecular weight excluding hydrogens is 513 g/mol. The van der Waals surface area contributed by atoms with Crippen molar-refractivity contribution >= 4 is 33.9 Å². The maximum atomic E-state index is 13.4. The number of benzene rings is 2. The number of anilines is 2. The van der Waals surface area contributed by atoms with Crippen LogP contribution in [0.2, 0.25) is 0 Å². The van der Waals surface area contributed by atoms with Crippen molar-refractivity contribution in [2.45, 2.75) is 26.1 Å². The van der Waals surface area contributed by atoms with E-state index in [1.54, 1.807) is 6.92 Å². The van der Waals surface area contributed by atoms with Gasteiger partial charge in [0.2, 0.25) is 5.91 Å². The fraction of sp³-hybridized carbons (Fsp3) is 0.407. The smallest absolute Gasteiger partial charge is 0.378 e. The number of aromatic nitrogens is 1. The molecule has 4 rings (SSSR count). The van der Waals surface area contributed by atoms with Crippen LogP contribution in [0.15, 0.2) is 42.5 Å². The number of hydrogen-bond donors (Lipinski definition) is 1. The molecule has 0 aliphatic carbocycles. The number of fused-ring (bicyclic) bond motifs is 1. The van der Waals surface area contributed by atoms with E-state index in [4.69, 9.17) is 0 Å². The molecule has 12 heteroatoms. The summed E-state index contributed by atoms with van der Waals surface area (Å²) in [5.74, 6) is 0.0909. The summed E-state index contributed by atoms with van der Waals surface area (Å²) in [7, 11) is 3.72. The molecule has 0 unspecified atom stereocenters. The van der Waals surface area contributed by atoms with Crippen LogP contribution in [0.1, 0.15) is 29.8 Å². The van der Waals surface area contributed by atoms with Crippen LogP contribution in [-0.2, 0) is 11.0 Å². The second-order valence-electron chi connectivity index (χ2n) is 10.1. The molecule has 1 amide bonds. The van der Waals surface area contributed by atoms with Gasteiger partial charge < -0.3 is 20.0 Å². The molecule has 0 radical (unpaired) electrons. The Balaban J connectivity index is 1.60. The van der Waals surface area contributed by atoms with Gasteiger partial charge in [-0.25, -0.2) is 0 Å². The second kappa shape index (κ2) is 11.0. The van der Waals surface area contributed by atoms with Crippen molar-refractivity contribution in [3.8, 4) is 0 Å². The number of carbonyl (C=O) groups is 1. The van der Waals surface area contributed by atoms with Crippen LogP contribution in [0.3, 0.4) is 0 Å². The van der Waals surface area contributed by atoms with Crippen molar-refractivity contribution in [1.82, 2.24) is 14.8 Å². The summed E-state index contributed by atoms with van der Waals surface area (Å²) in [5.41, 5.74) is 1.49. The Bertz CT molecular complexity index is 1390. The molecule has 1 saturated heterocycles. The fourth-order valence-electron chi connectivity index (χ4n) is 4.72. The Hall–Kier alpha value is -3.93. The van der Waals surface area contributed by atoms with Crippen molar-refractivity contribution in [3.05, 3.63) is 69.4 Å². The van der Waals surface area contributed by atoms with Crippen LogP contribution in [-0.4, -0.2) is 72.4 Å². The van der Waals surface area contributed by atoms with Gasteiger partial charge in [-0.2, -0.15) is 13.2 Å². The first kappa shape index (κ1) is 28.1. The Morgan fingerprint density at radius 2 is 1.82 bits per heavy atom. The zero-order valence-electron chi connectivity index (χ0n) is 22.2. The highest BCUT2D eigenvalue weighted by molar-refractivity contribution is 5.94. The Kier molecular flexibility index (Phi) is 7.96. The molecule has 1 aromatic heterocycles. The number of halogens is 3. The number of amides is 1. The van der Waals surface area contributed by atoms with Gasteiger partial charge in [-0.3, -0.25) is 19.9 Å². The third-order valence-corrected chi connectivity index (χ3v) is 6.72. The summed E-state index contributed by atoms with van der Waals surface area (Å²) >= 11 is 0. The zero-order chi connectivity index (χ0) is 28.5. The number of piperazine rings is 1. The lowest BCUT2D eigenvalue weighted by atomic mass is 10.0. The highest BCUT2D eigenvalue weighted by atomic mass is 19.4. The van der Waals surface area contributed by atoms with Crippen molar-refractivity contribution in [2.75, 3.05) is 57.0 Å². The van der Waals surface area contributed by atoms with E-state index in [-0.39, 0.29) is 11.5 Å². The third-order valence-electron chi connectivity index (χ3n) is 6.72. The molecule has 39 heavy (non-hydrogen) atoms. The van der Waals surface area contributed by atoms with Crippen LogP contribution in [0.4, 0.5) is 30.2 Å². The van der Waals surface area contributed by atoms with E-state index in [9.17, 15) is 28.1 Å². The number of rotatable bonds is 7.